The highest BCUT2D eigenvalue weighted by molar-refractivity contribution is 5.70. The first-order valence-electron chi connectivity index (χ1n) is 4.65. The highest BCUT2D eigenvalue weighted by Gasteiger charge is 2.17. The molecule has 0 aromatic carbocycles. The molecule has 0 saturated carbocycles. The van der Waals surface area contributed by atoms with Crippen molar-refractivity contribution >= 4 is 5.97 Å². The van der Waals surface area contributed by atoms with Gasteiger partial charge in [-0.3, -0.25) is 9.48 Å². The van der Waals surface area contributed by atoms with Crippen LogP contribution in [-0.2, 0) is 18.3 Å². The largest absolute Gasteiger partial charge is 0.481 e. The van der Waals surface area contributed by atoms with Crippen LogP contribution in [0.15, 0.2) is 0 Å². The molecular formula is C10H16N2O2. The molecule has 0 radical (unpaired) electrons. The van der Waals surface area contributed by atoms with Gasteiger partial charge in [-0.1, -0.05) is 6.92 Å². The SMILES string of the molecule is Cc1nn(C)c(C)c1C[C@@H](C)C(=O)O. The Morgan fingerprint density at radius 1 is 1.57 bits per heavy atom. The summed E-state index contributed by atoms with van der Waals surface area (Å²) < 4.78 is 1.79. The van der Waals surface area contributed by atoms with E-state index in [1.54, 1.807) is 11.6 Å². The summed E-state index contributed by atoms with van der Waals surface area (Å²) in [6.45, 7) is 5.59. The first-order chi connectivity index (χ1) is 6.43. The average molecular weight is 196 g/mol. The van der Waals surface area contributed by atoms with E-state index in [1.807, 2.05) is 20.9 Å². The maximum absolute atomic E-state index is 10.7. The van der Waals surface area contributed by atoms with E-state index in [2.05, 4.69) is 5.10 Å². The van der Waals surface area contributed by atoms with Crippen molar-refractivity contribution < 1.29 is 9.90 Å². The fourth-order valence-corrected chi connectivity index (χ4v) is 1.51. The van der Waals surface area contributed by atoms with Crippen molar-refractivity contribution in [3.63, 3.8) is 0 Å². The molecule has 78 valence electrons. The van der Waals surface area contributed by atoms with Gasteiger partial charge in [0, 0.05) is 12.7 Å². The Labute approximate surface area is 83.5 Å². The standard InChI is InChI=1S/C10H16N2O2/c1-6(10(13)14)5-9-7(2)11-12(4)8(9)3/h6H,5H2,1-4H3,(H,13,14)/t6-/m1/s1. The maximum Gasteiger partial charge on any atom is 0.306 e. The summed E-state index contributed by atoms with van der Waals surface area (Å²) in [5, 5.41) is 13.1. The maximum atomic E-state index is 10.7. The fourth-order valence-electron chi connectivity index (χ4n) is 1.51. The number of hydrogen-bond acceptors (Lipinski definition) is 2. The van der Waals surface area contributed by atoms with Crippen LogP contribution in [0.1, 0.15) is 23.9 Å². The Hall–Kier alpha value is -1.32. The summed E-state index contributed by atoms with van der Waals surface area (Å²) in [6, 6.07) is 0. The second kappa shape index (κ2) is 3.82. The van der Waals surface area contributed by atoms with E-state index < -0.39 is 5.97 Å². The molecule has 0 aliphatic heterocycles. The minimum absolute atomic E-state index is 0.350. The number of aromatic nitrogens is 2. The van der Waals surface area contributed by atoms with E-state index in [-0.39, 0.29) is 5.92 Å². The van der Waals surface area contributed by atoms with Crippen LogP contribution < -0.4 is 0 Å². The van der Waals surface area contributed by atoms with E-state index >= 15 is 0 Å². The Balaban J connectivity index is 2.91. The van der Waals surface area contributed by atoms with Gasteiger partial charge in [0.05, 0.1) is 11.6 Å². The van der Waals surface area contributed by atoms with Gasteiger partial charge in [-0.05, 0) is 25.8 Å². The van der Waals surface area contributed by atoms with Gasteiger partial charge in [0.1, 0.15) is 0 Å². The zero-order chi connectivity index (χ0) is 10.9. The molecule has 4 nitrogen and oxygen atoms in total. The van der Waals surface area contributed by atoms with Crippen molar-refractivity contribution in [2.24, 2.45) is 13.0 Å². The van der Waals surface area contributed by atoms with Crippen molar-refractivity contribution in [3.05, 3.63) is 17.0 Å². The molecule has 1 N–H and O–H groups in total. The third-order valence-corrected chi connectivity index (χ3v) is 2.59. The van der Waals surface area contributed by atoms with Gasteiger partial charge in [-0.2, -0.15) is 5.10 Å². The highest BCUT2D eigenvalue weighted by atomic mass is 16.4. The zero-order valence-electron chi connectivity index (χ0n) is 9.03. The molecule has 1 aromatic heterocycles. The monoisotopic (exact) mass is 196 g/mol. The Morgan fingerprint density at radius 2 is 2.14 bits per heavy atom. The first kappa shape index (κ1) is 10.8. The van der Waals surface area contributed by atoms with Crippen LogP contribution in [-0.4, -0.2) is 20.9 Å². The predicted octanol–water partition coefficient (Wildman–Crippen LogP) is 1.30. The molecule has 0 bridgehead atoms. The molecule has 0 saturated heterocycles. The fraction of sp³-hybridized carbons (Fsp3) is 0.600. The molecule has 0 aliphatic carbocycles. The normalized spacial score (nSPS) is 12.9. The molecule has 0 aliphatic rings. The van der Waals surface area contributed by atoms with E-state index in [9.17, 15) is 4.79 Å². The molecule has 14 heavy (non-hydrogen) atoms. The van der Waals surface area contributed by atoms with E-state index in [0.29, 0.717) is 6.42 Å². The van der Waals surface area contributed by atoms with Crippen LogP contribution in [0.3, 0.4) is 0 Å². The molecule has 0 amide bonds. The van der Waals surface area contributed by atoms with Crippen LogP contribution in [0.2, 0.25) is 0 Å². The molecule has 1 heterocycles. The summed E-state index contributed by atoms with van der Waals surface area (Å²) in [7, 11) is 1.87. The van der Waals surface area contributed by atoms with Crippen molar-refractivity contribution in [3.8, 4) is 0 Å². The van der Waals surface area contributed by atoms with Crippen molar-refractivity contribution in [2.45, 2.75) is 27.2 Å². The number of nitrogens with zero attached hydrogens (tertiary/aromatic N) is 2. The number of rotatable bonds is 3. The number of hydrogen-bond donors (Lipinski definition) is 1. The average Bonchev–Trinajstić information content (AvgIpc) is 2.32. The minimum atomic E-state index is -0.757. The topological polar surface area (TPSA) is 55.1 Å². The van der Waals surface area contributed by atoms with Gasteiger partial charge in [-0.25, -0.2) is 0 Å². The smallest absolute Gasteiger partial charge is 0.306 e. The van der Waals surface area contributed by atoms with Gasteiger partial charge in [0.2, 0.25) is 0 Å². The summed E-state index contributed by atoms with van der Waals surface area (Å²) in [6.07, 6.45) is 0.556. The lowest BCUT2D eigenvalue weighted by Crippen LogP contribution is -2.13. The van der Waals surface area contributed by atoms with Crippen molar-refractivity contribution in [2.75, 3.05) is 0 Å². The quantitative estimate of drug-likeness (QED) is 0.792. The number of aliphatic carboxylic acids is 1. The molecule has 1 rings (SSSR count). The van der Waals surface area contributed by atoms with Gasteiger partial charge < -0.3 is 5.11 Å². The number of carbonyl (C=O) groups is 1. The Bertz CT molecular complexity index is 355. The first-order valence-corrected chi connectivity index (χ1v) is 4.65. The lowest BCUT2D eigenvalue weighted by molar-refractivity contribution is -0.141. The van der Waals surface area contributed by atoms with E-state index in [4.69, 9.17) is 5.11 Å². The summed E-state index contributed by atoms with van der Waals surface area (Å²) in [5.74, 6) is -1.11. The van der Waals surface area contributed by atoms with Gasteiger partial charge in [0.25, 0.3) is 0 Å². The zero-order valence-corrected chi connectivity index (χ0v) is 9.03. The molecule has 1 atom stereocenters. The lowest BCUT2D eigenvalue weighted by atomic mass is 10.00. The van der Waals surface area contributed by atoms with Crippen molar-refractivity contribution in [1.82, 2.24) is 9.78 Å². The number of carboxylic acid groups (broad SMARTS) is 1. The third-order valence-electron chi connectivity index (χ3n) is 2.59. The summed E-state index contributed by atoms with van der Waals surface area (Å²) >= 11 is 0. The van der Waals surface area contributed by atoms with Crippen LogP contribution in [0, 0.1) is 19.8 Å². The van der Waals surface area contributed by atoms with Gasteiger partial charge in [-0.15, -0.1) is 0 Å². The molecular weight excluding hydrogens is 180 g/mol. The predicted molar refractivity (Wildman–Crippen MR) is 53.2 cm³/mol. The van der Waals surface area contributed by atoms with Crippen LogP contribution in [0.4, 0.5) is 0 Å². The molecule has 0 spiro atoms. The lowest BCUT2D eigenvalue weighted by Gasteiger charge is -2.06. The Kier molecular flexibility index (Phi) is 2.93. The summed E-state index contributed by atoms with van der Waals surface area (Å²) in [4.78, 5) is 10.7. The molecule has 0 unspecified atom stereocenters. The van der Waals surface area contributed by atoms with Crippen molar-refractivity contribution in [1.29, 1.82) is 0 Å². The van der Waals surface area contributed by atoms with Crippen LogP contribution in [0.5, 0.6) is 0 Å². The van der Waals surface area contributed by atoms with Crippen LogP contribution >= 0.6 is 0 Å². The summed E-state index contributed by atoms with van der Waals surface area (Å²) in [5.41, 5.74) is 3.04. The second-order valence-electron chi connectivity index (χ2n) is 3.72. The van der Waals surface area contributed by atoms with E-state index in [1.165, 1.54) is 0 Å². The number of aryl methyl sites for hydroxylation is 2. The number of carboxylic acids is 1. The second-order valence-corrected chi connectivity index (χ2v) is 3.72. The highest BCUT2D eigenvalue weighted by Crippen LogP contribution is 2.16. The Morgan fingerprint density at radius 3 is 2.50 bits per heavy atom. The molecule has 0 fully saturated rings. The third kappa shape index (κ3) is 1.95. The van der Waals surface area contributed by atoms with Gasteiger partial charge in [0.15, 0.2) is 0 Å². The molecule has 1 aromatic rings. The molecule has 4 heteroatoms. The minimum Gasteiger partial charge on any atom is -0.481 e. The van der Waals surface area contributed by atoms with E-state index in [0.717, 1.165) is 17.0 Å². The van der Waals surface area contributed by atoms with Gasteiger partial charge >= 0.3 is 5.97 Å². The van der Waals surface area contributed by atoms with Crippen LogP contribution in [0.25, 0.3) is 0 Å².